The van der Waals surface area contributed by atoms with Crippen LogP contribution < -0.4 is 9.80 Å². The molecule has 0 atom stereocenters. The molecule has 0 aliphatic carbocycles. The third-order valence-electron chi connectivity index (χ3n) is 3.42. The van der Waals surface area contributed by atoms with Crippen LogP contribution in [0.3, 0.4) is 0 Å². The van der Waals surface area contributed by atoms with Crippen LogP contribution in [0, 0.1) is 5.82 Å². The number of hydrogen-bond donors (Lipinski definition) is 0. The van der Waals surface area contributed by atoms with Crippen LogP contribution >= 0.6 is 15.9 Å². The molecule has 0 radical (unpaired) electrons. The molecule has 1 aliphatic rings. The molecule has 0 spiro atoms. The molecule has 1 fully saturated rings. The monoisotopic (exact) mass is 336 g/mol. The maximum Gasteiger partial charge on any atom is 0.146 e. The highest BCUT2D eigenvalue weighted by atomic mass is 79.9. The van der Waals surface area contributed by atoms with Gasteiger partial charge in [-0.05, 0) is 28.1 Å². The van der Waals surface area contributed by atoms with Crippen LogP contribution in [0.25, 0.3) is 0 Å². The van der Waals surface area contributed by atoms with Gasteiger partial charge in [0.15, 0.2) is 0 Å². The Morgan fingerprint density at radius 3 is 2.45 bits per heavy atom. The van der Waals surface area contributed by atoms with Gasteiger partial charge < -0.3 is 9.80 Å². The summed E-state index contributed by atoms with van der Waals surface area (Å²) in [6.45, 7) is 3.17. The van der Waals surface area contributed by atoms with E-state index in [4.69, 9.17) is 0 Å². The van der Waals surface area contributed by atoms with E-state index in [2.05, 4.69) is 35.7 Å². The zero-order valence-corrected chi connectivity index (χ0v) is 12.4. The minimum Gasteiger partial charge on any atom is -0.366 e. The van der Waals surface area contributed by atoms with Crippen molar-refractivity contribution >= 4 is 27.4 Å². The van der Waals surface area contributed by atoms with Crippen molar-refractivity contribution in [1.82, 2.24) is 9.97 Å². The second-order valence-electron chi connectivity index (χ2n) is 4.62. The SMILES string of the molecule is Fc1ccccc1N1CCN(c2ncncc2Br)CC1. The number of halogens is 2. The molecule has 3 rings (SSSR count). The van der Waals surface area contributed by atoms with Crippen molar-refractivity contribution in [3.05, 3.63) is 47.1 Å². The Hall–Kier alpha value is -1.69. The van der Waals surface area contributed by atoms with E-state index in [1.54, 1.807) is 18.6 Å². The molecule has 0 N–H and O–H groups in total. The number of piperazine rings is 1. The highest BCUT2D eigenvalue weighted by molar-refractivity contribution is 9.10. The van der Waals surface area contributed by atoms with E-state index in [-0.39, 0.29) is 5.82 Å². The van der Waals surface area contributed by atoms with Gasteiger partial charge in [-0.15, -0.1) is 0 Å². The summed E-state index contributed by atoms with van der Waals surface area (Å²) in [5, 5.41) is 0. The van der Waals surface area contributed by atoms with Gasteiger partial charge in [0.05, 0.1) is 10.2 Å². The fourth-order valence-corrected chi connectivity index (χ4v) is 2.88. The predicted octanol–water partition coefficient (Wildman–Crippen LogP) is 2.70. The summed E-state index contributed by atoms with van der Waals surface area (Å²) in [7, 11) is 0. The van der Waals surface area contributed by atoms with Gasteiger partial charge in [0.1, 0.15) is 18.0 Å². The Morgan fingerprint density at radius 1 is 1.05 bits per heavy atom. The maximum atomic E-state index is 13.8. The largest absolute Gasteiger partial charge is 0.366 e. The first-order valence-corrected chi connectivity index (χ1v) is 7.25. The molecule has 0 saturated carbocycles. The highest BCUT2D eigenvalue weighted by Crippen LogP contribution is 2.25. The molecule has 20 heavy (non-hydrogen) atoms. The number of benzene rings is 1. The van der Waals surface area contributed by atoms with E-state index < -0.39 is 0 Å². The molecular weight excluding hydrogens is 323 g/mol. The van der Waals surface area contributed by atoms with Crippen LogP contribution in [0.15, 0.2) is 41.3 Å². The van der Waals surface area contributed by atoms with Crippen molar-refractivity contribution in [2.75, 3.05) is 36.0 Å². The van der Waals surface area contributed by atoms with Crippen LogP contribution in [0.4, 0.5) is 15.9 Å². The lowest BCUT2D eigenvalue weighted by Gasteiger charge is -2.37. The third kappa shape index (κ3) is 2.60. The molecular formula is C14H14BrFN4. The maximum absolute atomic E-state index is 13.8. The normalized spacial score (nSPS) is 15.5. The Kier molecular flexibility index (Phi) is 3.82. The molecule has 1 saturated heterocycles. The van der Waals surface area contributed by atoms with Crippen molar-refractivity contribution in [3.8, 4) is 0 Å². The Balaban J connectivity index is 1.72. The molecule has 0 bridgehead atoms. The molecule has 1 aliphatic heterocycles. The molecule has 2 heterocycles. The van der Waals surface area contributed by atoms with E-state index in [0.717, 1.165) is 36.5 Å². The lowest BCUT2D eigenvalue weighted by Crippen LogP contribution is -2.47. The number of rotatable bonds is 2. The van der Waals surface area contributed by atoms with Crippen molar-refractivity contribution < 1.29 is 4.39 Å². The summed E-state index contributed by atoms with van der Waals surface area (Å²) in [5.74, 6) is 0.734. The number of nitrogens with zero attached hydrogens (tertiary/aromatic N) is 4. The molecule has 4 nitrogen and oxygen atoms in total. The minimum atomic E-state index is -0.163. The van der Waals surface area contributed by atoms with E-state index in [9.17, 15) is 4.39 Å². The second-order valence-corrected chi connectivity index (χ2v) is 5.47. The lowest BCUT2D eigenvalue weighted by molar-refractivity contribution is 0.595. The molecule has 1 aromatic heterocycles. The molecule has 0 unspecified atom stereocenters. The number of hydrogen-bond acceptors (Lipinski definition) is 4. The van der Waals surface area contributed by atoms with Crippen LogP contribution in [0.2, 0.25) is 0 Å². The van der Waals surface area contributed by atoms with Gasteiger partial charge >= 0.3 is 0 Å². The molecule has 6 heteroatoms. The van der Waals surface area contributed by atoms with Crippen LogP contribution in [0.1, 0.15) is 0 Å². The van der Waals surface area contributed by atoms with E-state index in [0.29, 0.717) is 5.69 Å². The molecule has 2 aromatic rings. The van der Waals surface area contributed by atoms with Crippen molar-refractivity contribution in [1.29, 1.82) is 0 Å². The summed E-state index contributed by atoms with van der Waals surface area (Å²) in [5.41, 5.74) is 0.675. The van der Waals surface area contributed by atoms with E-state index in [1.165, 1.54) is 6.07 Å². The van der Waals surface area contributed by atoms with Gasteiger partial charge in [0, 0.05) is 32.4 Å². The Labute approximate surface area is 125 Å². The second kappa shape index (κ2) is 5.75. The number of anilines is 2. The van der Waals surface area contributed by atoms with Crippen molar-refractivity contribution in [2.24, 2.45) is 0 Å². The first-order chi connectivity index (χ1) is 9.75. The zero-order chi connectivity index (χ0) is 13.9. The standard InChI is InChI=1S/C14H14BrFN4/c15-11-9-17-10-18-14(11)20-7-5-19(6-8-20)13-4-2-1-3-12(13)16/h1-4,9-10H,5-8H2. The predicted molar refractivity (Wildman–Crippen MR) is 80.6 cm³/mol. The minimum absolute atomic E-state index is 0.163. The Morgan fingerprint density at radius 2 is 1.75 bits per heavy atom. The third-order valence-corrected chi connectivity index (χ3v) is 3.98. The van der Waals surface area contributed by atoms with Crippen molar-refractivity contribution in [3.63, 3.8) is 0 Å². The van der Waals surface area contributed by atoms with Gasteiger partial charge in [0.2, 0.25) is 0 Å². The average molecular weight is 337 g/mol. The van der Waals surface area contributed by atoms with Gasteiger partial charge in [-0.2, -0.15) is 0 Å². The van der Waals surface area contributed by atoms with E-state index >= 15 is 0 Å². The summed E-state index contributed by atoms with van der Waals surface area (Å²) < 4.78 is 14.7. The summed E-state index contributed by atoms with van der Waals surface area (Å²) in [4.78, 5) is 12.5. The number of aromatic nitrogens is 2. The average Bonchev–Trinajstić information content (AvgIpc) is 2.49. The van der Waals surface area contributed by atoms with E-state index in [1.807, 2.05) is 12.1 Å². The molecule has 104 valence electrons. The molecule has 1 aromatic carbocycles. The summed E-state index contributed by atoms with van der Waals surface area (Å²) >= 11 is 3.46. The van der Waals surface area contributed by atoms with Crippen LogP contribution in [-0.4, -0.2) is 36.1 Å². The topological polar surface area (TPSA) is 32.3 Å². The van der Waals surface area contributed by atoms with Crippen LogP contribution in [0.5, 0.6) is 0 Å². The Bertz CT molecular complexity index is 546. The first kappa shape index (κ1) is 13.3. The number of para-hydroxylation sites is 1. The summed E-state index contributed by atoms with van der Waals surface area (Å²) in [6, 6.07) is 6.91. The highest BCUT2D eigenvalue weighted by Gasteiger charge is 2.21. The van der Waals surface area contributed by atoms with Gasteiger partial charge in [-0.3, -0.25) is 0 Å². The fourth-order valence-electron chi connectivity index (χ4n) is 2.41. The van der Waals surface area contributed by atoms with Gasteiger partial charge in [-0.1, -0.05) is 12.1 Å². The first-order valence-electron chi connectivity index (χ1n) is 6.45. The molecule has 0 amide bonds. The zero-order valence-electron chi connectivity index (χ0n) is 10.8. The quantitative estimate of drug-likeness (QED) is 0.844. The fraction of sp³-hybridized carbons (Fsp3) is 0.286. The van der Waals surface area contributed by atoms with Gasteiger partial charge in [0.25, 0.3) is 0 Å². The van der Waals surface area contributed by atoms with Crippen LogP contribution in [-0.2, 0) is 0 Å². The van der Waals surface area contributed by atoms with Crippen molar-refractivity contribution in [2.45, 2.75) is 0 Å². The lowest BCUT2D eigenvalue weighted by atomic mass is 10.2. The smallest absolute Gasteiger partial charge is 0.146 e. The van der Waals surface area contributed by atoms with Gasteiger partial charge in [-0.25, -0.2) is 14.4 Å². The summed E-state index contributed by atoms with van der Waals surface area (Å²) in [6.07, 6.45) is 3.29.